The zero-order chi connectivity index (χ0) is 17.2. The molecule has 5 nitrogen and oxygen atoms in total. The van der Waals surface area contributed by atoms with E-state index in [0.29, 0.717) is 6.54 Å². The van der Waals surface area contributed by atoms with E-state index in [0.717, 1.165) is 16.4 Å². The first-order valence-corrected chi connectivity index (χ1v) is 8.62. The van der Waals surface area contributed by atoms with Gasteiger partial charge in [0.1, 0.15) is 0 Å². The molecule has 3 aromatic heterocycles. The molecule has 4 rings (SSSR count). The van der Waals surface area contributed by atoms with E-state index in [1.807, 2.05) is 43.7 Å². The second kappa shape index (κ2) is 6.64. The zero-order valence-electron chi connectivity index (χ0n) is 13.9. The van der Waals surface area contributed by atoms with Gasteiger partial charge in [-0.2, -0.15) is 0 Å². The summed E-state index contributed by atoms with van der Waals surface area (Å²) in [7, 11) is 2.03. The molecule has 0 amide bonds. The molecular formula is C19H19N5S. The Balaban J connectivity index is 1.72. The molecule has 0 bridgehead atoms. The first-order chi connectivity index (χ1) is 12.2. The van der Waals surface area contributed by atoms with E-state index in [-0.39, 0.29) is 12.1 Å². The van der Waals surface area contributed by atoms with Gasteiger partial charge >= 0.3 is 0 Å². The zero-order valence-corrected chi connectivity index (χ0v) is 14.7. The van der Waals surface area contributed by atoms with Gasteiger partial charge in [-0.05, 0) is 47.6 Å². The summed E-state index contributed by atoms with van der Waals surface area (Å²) < 4.78 is 2.06. The number of aromatic nitrogens is 3. The smallest absolute Gasteiger partial charge is 0.170 e. The van der Waals surface area contributed by atoms with E-state index in [1.54, 1.807) is 6.20 Å². The summed E-state index contributed by atoms with van der Waals surface area (Å²) in [6.07, 6.45) is 9.71. The maximum absolute atomic E-state index is 5.66. The van der Waals surface area contributed by atoms with Gasteiger partial charge in [-0.15, -0.1) is 0 Å². The van der Waals surface area contributed by atoms with Gasteiger partial charge in [0.15, 0.2) is 5.11 Å². The Morgan fingerprint density at radius 3 is 2.76 bits per heavy atom. The van der Waals surface area contributed by atoms with E-state index in [4.69, 9.17) is 12.2 Å². The van der Waals surface area contributed by atoms with Gasteiger partial charge in [-0.1, -0.05) is 12.1 Å². The fourth-order valence-electron chi connectivity index (χ4n) is 3.33. The third kappa shape index (κ3) is 3.13. The lowest BCUT2D eigenvalue weighted by Crippen LogP contribution is -2.29. The predicted molar refractivity (Wildman–Crippen MR) is 101 cm³/mol. The quantitative estimate of drug-likeness (QED) is 0.734. The minimum atomic E-state index is 0.0211. The topological polar surface area (TPSA) is 46.0 Å². The number of thiocarbonyl (C=S) groups is 1. The molecule has 1 aliphatic rings. The van der Waals surface area contributed by atoms with Crippen LogP contribution in [0, 0.1) is 0 Å². The Morgan fingerprint density at radius 2 is 2.08 bits per heavy atom. The van der Waals surface area contributed by atoms with Crippen LogP contribution < -0.4 is 5.32 Å². The molecular weight excluding hydrogens is 330 g/mol. The van der Waals surface area contributed by atoms with E-state index >= 15 is 0 Å². The second-order valence-corrected chi connectivity index (χ2v) is 6.61. The summed E-state index contributed by atoms with van der Waals surface area (Å²) in [4.78, 5) is 11.0. The van der Waals surface area contributed by atoms with Crippen LogP contribution >= 0.6 is 12.2 Å². The number of nitrogens with one attached hydrogen (secondary N) is 1. The van der Waals surface area contributed by atoms with Gasteiger partial charge in [0.2, 0.25) is 0 Å². The van der Waals surface area contributed by atoms with Gasteiger partial charge in [-0.3, -0.25) is 9.97 Å². The van der Waals surface area contributed by atoms with Gasteiger partial charge in [0.05, 0.1) is 17.8 Å². The molecule has 3 aromatic rings. The van der Waals surface area contributed by atoms with Gasteiger partial charge in [0.25, 0.3) is 0 Å². The Kier molecular flexibility index (Phi) is 4.19. The van der Waals surface area contributed by atoms with Crippen molar-refractivity contribution in [3.8, 4) is 0 Å². The van der Waals surface area contributed by atoms with Crippen LogP contribution in [0.3, 0.4) is 0 Å². The third-order valence-corrected chi connectivity index (χ3v) is 4.82. The van der Waals surface area contributed by atoms with Crippen molar-refractivity contribution in [2.24, 2.45) is 7.05 Å². The molecule has 6 heteroatoms. The summed E-state index contributed by atoms with van der Waals surface area (Å²) in [5.41, 5.74) is 3.34. The van der Waals surface area contributed by atoms with Gasteiger partial charge in [-0.25, -0.2) is 0 Å². The van der Waals surface area contributed by atoms with Crippen LogP contribution in [-0.2, 0) is 13.6 Å². The Labute approximate surface area is 152 Å². The maximum atomic E-state index is 5.66. The van der Waals surface area contributed by atoms with Crippen molar-refractivity contribution in [2.75, 3.05) is 0 Å². The first kappa shape index (κ1) is 15.8. The number of nitrogens with zero attached hydrogens (tertiary/aromatic N) is 4. The summed E-state index contributed by atoms with van der Waals surface area (Å²) in [6, 6.07) is 12.3. The second-order valence-electron chi connectivity index (χ2n) is 6.23. The fourth-order valence-corrected chi connectivity index (χ4v) is 3.63. The summed E-state index contributed by atoms with van der Waals surface area (Å²) in [6.45, 7) is 0.711. The number of aryl methyl sites for hydroxylation is 1. The molecule has 1 aliphatic heterocycles. The number of hydrogen-bond donors (Lipinski definition) is 1. The molecule has 1 N–H and O–H groups in total. The largest absolute Gasteiger partial charge is 0.357 e. The molecule has 126 valence electrons. The van der Waals surface area contributed by atoms with Crippen molar-refractivity contribution >= 4 is 17.3 Å². The highest BCUT2D eigenvalue weighted by molar-refractivity contribution is 7.80. The number of pyridine rings is 2. The van der Waals surface area contributed by atoms with Crippen molar-refractivity contribution in [1.82, 2.24) is 24.8 Å². The molecule has 0 unspecified atom stereocenters. The lowest BCUT2D eigenvalue weighted by Gasteiger charge is -2.27. The number of rotatable bonds is 4. The van der Waals surface area contributed by atoms with Gasteiger partial charge < -0.3 is 14.8 Å². The van der Waals surface area contributed by atoms with Crippen LogP contribution in [0.2, 0.25) is 0 Å². The van der Waals surface area contributed by atoms with Crippen LogP contribution in [0.1, 0.15) is 28.9 Å². The summed E-state index contributed by atoms with van der Waals surface area (Å²) >= 11 is 5.66. The lowest BCUT2D eigenvalue weighted by atomic mass is 9.99. The molecule has 0 spiro atoms. The van der Waals surface area contributed by atoms with Crippen LogP contribution in [0.4, 0.5) is 0 Å². The normalized spacial score (nSPS) is 19.9. The molecule has 2 atom stereocenters. The van der Waals surface area contributed by atoms with Crippen LogP contribution in [0.25, 0.3) is 0 Å². The average Bonchev–Trinajstić information content (AvgIpc) is 3.20. The lowest BCUT2D eigenvalue weighted by molar-refractivity contribution is 0.311. The van der Waals surface area contributed by atoms with Crippen molar-refractivity contribution < 1.29 is 0 Å². The van der Waals surface area contributed by atoms with Crippen LogP contribution in [0.15, 0.2) is 67.4 Å². The SMILES string of the molecule is Cn1ccc([C@H]2[C@@H](c3ccccn3)NC(=S)N2Cc2cccnc2)c1. The average molecular weight is 349 g/mol. The first-order valence-electron chi connectivity index (χ1n) is 8.21. The summed E-state index contributed by atoms with van der Waals surface area (Å²) in [5, 5.41) is 4.21. The monoisotopic (exact) mass is 349 g/mol. The standard InChI is InChI=1S/C19H19N5S/c1-23-10-7-15(13-23)18-17(16-6-2-3-9-21-16)22-19(25)24(18)12-14-5-4-8-20-11-14/h2-11,13,17-18H,12H2,1H3,(H,22,25)/t17-,18+/m1/s1. The molecule has 0 radical (unpaired) electrons. The van der Waals surface area contributed by atoms with Crippen molar-refractivity contribution in [3.63, 3.8) is 0 Å². The van der Waals surface area contributed by atoms with E-state index in [1.165, 1.54) is 5.56 Å². The molecule has 25 heavy (non-hydrogen) atoms. The molecule has 1 fully saturated rings. The summed E-state index contributed by atoms with van der Waals surface area (Å²) in [5.74, 6) is 0. The molecule has 0 aromatic carbocycles. The Bertz CT molecular complexity index is 862. The number of hydrogen-bond acceptors (Lipinski definition) is 3. The van der Waals surface area contributed by atoms with E-state index in [9.17, 15) is 0 Å². The van der Waals surface area contributed by atoms with Crippen molar-refractivity contribution in [2.45, 2.75) is 18.6 Å². The minimum Gasteiger partial charge on any atom is -0.357 e. The Morgan fingerprint density at radius 1 is 1.16 bits per heavy atom. The molecule has 0 saturated carbocycles. The van der Waals surface area contributed by atoms with E-state index < -0.39 is 0 Å². The molecule has 1 saturated heterocycles. The van der Waals surface area contributed by atoms with E-state index in [2.05, 4.69) is 49.3 Å². The molecule has 4 heterocycles. The minimum absolute atomic E-state index is 0.0211. The fraction of sp³-hybridized carbons (Fsp3) is 0.211. The maximum Gasteiger partial charge on any atom is 0.170 e. The highest BCUT2D eigenvalue weighted by atomic mass is 32.1. The highest BCUT2D eigenvalue weighted by Crippen LogP contribution is 2.39. The third-order valence-electron chi connectivity index (χ3n) is 4.47. The molecule has 0 aliphatic carbocycles. The van der Waals surface area contributed by atoms with Gasteiger partial charge in [0, 0.05) is 44.6 Å². The van der Waals surface area contributed by atoms with Crippen LogP contribution in [-0.4, -0.2) is 24.5 Å². The van der Waals surface area contributed by atoms with Crippen molar-refractivity contribution in [1.29, 1.82) is 0 Å². The van der Waals surface area contributed by atoms with Crippen molar-refractivity contribution in [3.05, 3.63) is 84.2 Å². The Hall–Kier alpha value is -2.73. The predicted octanol–water partition coefficient (Wildman–Crippen LogP) is 2.99. The highest BCUT2D eigenvalue weighted by Gasteiger charge is 2.39. The van der Waals surface area contributed by atoms with Crippen LogP contribution in [0.5, 0.6) is 0 Å².